The van der Waals surface area contributed by atoms with Gasteiger partial charge >= 0.3 is 0 Å². The summed E-state index contributed by atoms with van der Waals surface area (Å²) in [5.74, 6) is 1.28. The van der Waals surface area contributed by atoms with Gasteiger partial charge in [-0.25, -0.2) is 0 Å². The number of nitrogens with one attached hydrogen (secondary N) is 2. The molecule has 0 radical (unpaired) electrons. The van der Waals surface area contributed by atoms with E-state index in [-0.39, 0.29) is 11.9 Å². The van der Waals surface area contributed by atoms with Gasteiger partial charge in [-0.2, -0.15) is 11.8 Å². The molecule has 0 aromatic heterocycles. The Labute approximate surface area is 84.0 Å². The standard InChI is InChI=1S/C9H18N2OS/c1-6(10-3)9(12)11-8-4-5-13-7(8)2/h6-8,10H,4-5H2,1-3H3,(H,11,12). The van der Waals surface area contributed by atoms with E-state index in [1.54, 1.807) is 7.05 Å². The number of rotatable bonds is 3. The third-order valence-electron chi connectivity index (χ3n) is 2.53. The summed E-state index contributed by atoms with van der Waals surface area (Å²) in [4.78, 5) is 11.5. The fourth-order valence-electron chi connectivity index (χ4n) is 1.36. The van der Waals surface area contributed by atoms with E-state index in [9.17, 15) is 4.79 Å². The first-order chi connectivity index (χ1) is 6.15. The van der Waals surface area contributed by atoms with E-state index in [4.69, 9.17) is 0 Å². The second kappa shape index (κ2) is 4.86. The van der Waals surface area contributed by atoms with Crippen LogP contribution in [0.15, 0.2) is 0 Å². The molecule has 2 N–H and O–H groups in total. The number of hydrogen-bond acceptors (Lipinski definition) is 3. The molecule has 0 aliphatic carbocycles. The average molecular weight is 202 g/mol. The molecule has 1 aliphatic rings. The van der Waals surface area contributed by atoms with E-state index in [2.05, 4.69) is 17.6 Å². The second-order valence-electron chi connectivity index (χ2n) is 3.49. The highest BCUT2D eigenvalue weighted by Crippen LogP contribution is 2.25. The van der Waals surface area contributed by atoms with Gasteiger partial charge in [-0.3, -0.25) is 4.79 Å². The molecule has 3 nitrogen and oxygen atoms in total. The molecule has 0 spiro atoms. The first-order valence-electron chi connectivity index (χ1n) is 4.74. The zero-order chi connectivity index (χ0) is 9.84. The number of amides is 1. The van der Waals surface area contributed by atoms with Gasteiger partial charge in [0.25, 0.3) is 0 Å². The Balaban J connectivity index is 2.35. The normalized spacial score (nSPS) is 30.1. The van der Waals surface area contributed by atoms with Crippen LogP contribution in [0.25, 0.3) is 0 Å². The molecule has 0 aromatic rings. The van der Waals surface area contributed by atoms with Crippen LogP contribution in [0.1, 0.15) is 20.3 Å². The minimum absolute atomic E-state index is 0.0854. The van der Waals surface area contributed by atoms with Crippen LogP contribution in [0, 0.1) is 0 Å². The second-order valence-corrected chi connectivity index (χ2v) is 4.98. The predicted molar refractivity (Wildman–Crippen MR) is 57.0 cm³/mol. The zero-order valence-electron chi connectivity index (χ0n) is 8.46. The fraction of sp³-hybridized carbons (Fsp3) is 0.889. The smallest absolute Gasteiger partial charge is 0.237 e. The van der Waals surface area contributed by atoms with Gasteiger partial charge in [0.15, 0.2) is 0 Å². The minimum Gasteiger partial charge on any atom is -0.351 e. The van der Waals surface area contributed by atoms with Crippen molar-refractivity contribution in [3.63, 3.8) is 0 Å². The van der Waals surface area contributed by atoms with Crippen LogP contribution in [-0.4, -0.2) is 36.0 Å². The van der Waals surface area contributed by atoms with Gasteiger partial charge < -0.3 is 10.6 Å². The maximum absolute atomic E-state index is 11.5. The summed E-state index contributed by atoms with van der Waals surface area (Å²) < 4.78 is 0. The van der Waals surface area contributed by atoms with Crippen LogP contribution in [0.2, 0.25) is 0 Å². The SMILES string of the molecule is CNC(C)C(=O)NC1CCSC1C. The van der Waals surface area contributed by atoms with Crippen LogP contribution in [0.4, 0.5) is 0 Å². The van der Waals surface area contributed by atoms with Crippen LogP contribution >= 0.6 is 11.8 Å². The summed E-state index contributed by atoms with van der Waals surface area (Å²) in [7, 11) is 1.80. The van der Waals surface area contributed by atoms with Crippen LogP contribution in [0.3, 0.4) is 0 Å². The molecule has 1 heterocycles. The van der Waals surface area contributed by atoms with Gasteiger partial charge in [-0.15, -0.1) is 0 Å². The van der Waals surface area contributed by atoms with Gasteiger partial charge in [0.05, 0.1) is 6.04 Å². The molecule has 3 unspecified atom stereocenters. The largest absolute Gasteiger partial charge is 0.351 e. The topological polar surface area (TPSA) is 41.1 Å². The van der Waals surface area contributed by atoms with E-state index in [1.807, 2.05) is 18.7 Å². The average Bonchev–Trinajstić information content (AvgIpc) is 2.50. The Morgan fingerprint density at radius 2 is 2.31 bits per heavy atom. The third-order valence-corrected chi connectivity index (χ3v) is 3.86. The van der Waals surface area contributed by atoms with Crippen molar-refractivity contribution in [3.8, 4) is 0 Å². The highest BCUT2D eigenvalue weighted by Gasteiger charge is 2.26. The van der Waals surface area contributed by atoms with E-state index in [0.29, 0.717) is 11.3 Å². The predicted octanol–water partition coefficient (Wildman–Crippen LogP) is 0.604. The molecule has 13 heavy (non-hydrogen) atoms. The van der Waals surface area contributed by atoms with Crippen molar-refractivity contribution in [3.05, 3.63) is 0 Å². The lowest BCUT2D eigenvalue weighted by atomic mass is 10.1. The maximum atomic E-state index is 11.5. The lowest BCUT2D eigenvalue weighted by Gasteiger charge is -2.19. The molecule has 3 atom stereocenters. The summed E-state index contributed by atoms with van der Waals surface area (Å²) in [5, 5.41) is 6.55. The molecule has 1 aliphatic heterocycles. The number of carbonyl (C=O) groups is 1. The number of thioether (sulfide) groups is 1. The molecule has 1 amide bonds. The van der Waals surface area contributed by atoms with E-state index in [0.717, 1.165) is 6.42 Å². The summed E-state index contributed by atoms with van der Waals surface area (Å²) >= 11 is 1.93. The monoisotopic (exact) mass is 202 g/mol. The van der Waals surface area contributed by atoms with Crippen molar-refractivity contribution < 1.29 is 4.79 Å². The molecule has 0 aromatic carbocycles. The van der Waals surface area contributed by atoms with Crippen LogP contribution < -0.4 is 10.6 Å². The molecule has 0 bridgehead atoms. The summed E-state index contributed by atoms with van der Waals surface area (Å²) in [6.07, 6.45) is 1.11. The molecule has 1 saturated heterocycles. The molecule has 0 saturated carbocycles. The molecule has 1 rings (SSSR count). The number of carbonyl (C=O) groups excluding carboxylic acids is 1. The summed E-state index contributed by atoms with van der Waals surface area (Å²) in [5.41, 5.74) is 0. The molecule has 1 fully saturated rings. The van der Waals surface area contributed by atoms with Crippen molar-refractivity contribution in [2.45, 2.75) is 37.6 Å². The van der Waals surface area contributed by atoms with E-state index < -0.39 is 0 Å². The van der Waals surface area contributed by atoms with Crippen molar-refractivity contribution in [2.24, 2.45) is 0 Å². The Morgan fingerprint density at radius 3 is 2.77 bits per heavy atom. The molecular weight excluding hydrogens is 184 g/mol. The molecule has 76 valence electrons. The highest BCUT2D eigenvalue weighted by atomic mass is 32.2. The first kappa shape index (κ1) is 10.9. The van der Waals surface area contributed by atoms with E-state index >= 15 is 0 Å². The van der Waals surface area contributed by atoms with Crippen molar-refractivity contribution in [1.29, 1.82) is 0 Å². The van der Waals surface area contributed by atoms with Gasteiger partial charge in [-0.05, 0) is 26.1 Å². The summed E-state index contributed by atoms with van der Waals surface area (Å²) in [6, 6.07) is 0.283. The first-order valence-corrected chi connectivity index (χ1v) is 5.79. The quantitative estimate of drug-likeness (QED) is 0.704. The van der Waals surface area contributed by atoms with E-state index in [1.165, 1.54) is 5.75 Å². The fourth-order valence-corrected chi connectivity index (χ4v) is 2.56. The molecule has 4 heteroatoms. The van der Waals surface area contributed by atoms with Crippen molar-refractivity contribution in [2.75, 3.05) is 12.8 Å². The summed E-state index contributed by atoms with van der Waals surface area (Å²) in [6.45, 7) is 4.05. The third kappa shape index (κ3) is 2.88. The number of hydrogen-bond donors (Lipinski definition) is 2. The molecular formula is C9H18N2OS. The Hall–Kier alpha value is -0.220. The Kier molecular flexibility index (Phi) is 4.06. The lowest BCUT2D eigenvalue weighted by molar-refractivity contribution is -0.123. The van der Waals surface area contributed by atoms with Gasteiger partial charge in [0, 0.05) is 11.3 Å². The Morgan fingerprint density at radius 1 is 1.62 bits per heavy atom. The van der Waals surface area contributed by atoms with Crippen molar-refractivity contribution in [1.82, 2.24) is 10.6 Å². The van der Waals surface area contributed by atoms with Gasteiger partial charge in [0.1, 0.15) is 0 Å². The maximum Gasteiger partial charge on any atom is 0.237 e. The van der Waals surface area contributed by atoms with Crippen molar-refractivity contribution >= 4 is 17.7 Å². The van der Waals surface area contributed by atoms with Crippen LogP contribution in [0.5, 0.6) is 0 Å². The van der Waals surface area contributed by atoms with Crippen LogP contribution in [-0.2, 0) is 4.79 Å². The minimum atomic E-state index is -0.0854. The van der Waals surface area contributed by atoms with Gasteiger partial charge in [-0.1, -0.05) is 6.92 Å². The zero-order valence-corrected chi connectivity index (χ0v) is 9.28. The van der Waals surface area contributed by atoms with Gasteiger partial charge in [0.2, 0.25) is 5.91 Å². The Bertz CT molecular complexity index is 186. The number of likely N-dealkylation sites (N-methyl/N-ethyl adjacent to an activating group) is 1. The highest BCUT2D eigenvalue weighted by molar-refractivity contribution is 8.00. The lowest BCUT2D eigenvalue weighted by Crippen LogP contribution is -2.46.